The molecule has 1 aromatic rings. The normalized spacial score (nSPS) is 20.7. The molecule has 1 aromatic carbocycles. The Morgan fingerprint density at radius 1 is 0.909 bits per heavy atom. The number of Topliss-reactive ketones (excluding diaryl/α,β-unsaturated/α-hetero) is 1. The molecule has 1 unspecified atom stereocenters. The van der Waals surface area contributed by atoms with Gasteiger partial charge in [-0.25, -0.2) is 13.6 Å². The van der Waals surface area contributed by atoms with Crippen molar-refractivity contribution in [3.8, 4) is 0 Å². The van der Waals surface area contributed by atoms with E-state index in [0.29, 0.717) is 18.4 Å². The number of rotatable bonds is 14. The zero-order valence-electron chi connectivity index (χ0n) is 33.6. The summed E-state index contributed by atoms with van der Waals surface area (Å²) in [6.45, 7) is 13.8. The van der Waals surface area contributed by atoms with Gasteiger partial charge in [0, 0.05) is 27.1 Å². The maximum Gasteiger partial charge on any atom is 0.408 e. The van der Waals surface area contributed by atoms with Crippen LogP contribution in [0, 0.1) is 22.7 Å². The number of nitrogens with one attached hydrogen (secondary N) is 4. The number of benzene rings is 1. The second-order valence-corrected chi connectivity index (χ2v) is 17.6. The fourth-order valence-corrected chi connectivity index (χ4v) is 7.35. The maximum atomic E-state index is 14.3. The van der Waals surface area contributed by atoms with Crippen LogP contribution in [0.5, 0.6) is 0 Å². The van der Waals surface area contributed by atoms with E-state index in [0.717, 1.165) is 0 Å². The van der Waals surface area contributed by atoms with Crippen molar-refractivity contribution in [2.75, 3.05) is 27.2 Å². The molecule has 16 heteroatoms. The third-order valence-electron chi connectivity index (χ3n) is 9.77. The number of hydrogen-bond acceptors (Lipinski definition) is 8. The van der Waals surface area contributed by atoms with Crippen LogP contribution in [0.25, 0.3) is 0 Å². The van der Waals surface area contributed by atoms with E-state index in [1.54, 1.807) is 71.9 Å². The minimum Gasteiger partial charge on any atom is -0.444 e. The topological polar surface area (TPSA) is 183 Å². The van der Waals surface area contributed by atoms with Gasteiger partial charge in [-0.3, -0.25) is 28.8 Å². The lowest BCUT2D eigenvalue weighted by Crippen LogP contribution is -2.60. The molecule has 0 aromatic heterocycles. The number of nitrogens with zero attached hydrogens (tertiary/aromatic N) is 2. The number of carbonyl (C=O) groups excluding carboxylic acids is 7. The first kappa shape index (κ1) is 44.8. The molecule has 1 aliphatic heterocycles. The van der Waals surface area contributed by atoms with Crippen molar-refractivity contribution < 1.29 is 47.1 Å². The summed E-state index contributed by atoms with van der Waals surface area (Å²) in [5.41, 5.74) is -1.37. The molecule has 306 valence electrons. The quantitative estimate of drug-likeness (QED) is 0.208. The Kier molecular flexibility index (Phi) is 14.6. The Balaban J connectivity index is 1.83. The van der Waals surface area contributed by atoms with Gasteiger partial charge in [0.15, 0.2) is 0 Å². The van der Waals surface area contributed by atoms with Crippen molar-refractivity contribution in [3.05, 3.63) is 35.9 Å². The predicted molar refractivity (Wildman–Crippen MR) is 199 cm³/mol. The highest BCUT2D eigenvalue weighted by molar-refractivity contribution is 6.38. The van der Waals surface area contributed by atoms with Crippen LogP contribution in [0.1, 0.15) is 92.7 Å². The average Bonchev–Trinajstić information content (AvgIpc) is 3.56. The molecule has 6 atom stereocenters. The molecular weight excluding hydrogens is 718 g/mol. The summed E-state index contributed by atoms with van der Waals surface area (Å²) in [6.07, 6.45) is -3.87. The minimum absolute atomic E-state index is 0.104. The van der Waals surface area contributed by atoms with Crippen molar-refractivity contribution in [1.82, 2.24) is 31.1 Å². The van der Waals surface area contributed by atoms with E-state index in [4.69, 9.17) is 4.74 Å². The van der Waals surface area contributed by atoms with Crippen LogP contribution < -0.4 is 21.3 Å². The zero-order chi connectivity index (χ0) is 41.6. The van der Waals surface area contributed by atoms with E-state index >= 15 is 0 Å². The predicted octanol–water partition coefficient (Wildman–Crippen LogP) is 3.35. The molecule has 1 aliphatic carbocycles. The second-order valence-electron chi connectivity index (χ2n) is 17.6. The summed E-state index contributed by atoms with van der Waals surface area (Å²) < 4.78 is 32.3. The Labute approximate surface area is 322 Å². The van der Waals surface area contributed by atoms with Gasteiger partial charge in [-0.2, -0.15) is 0 Å². The number of alkyl carbamates (subject to hydrolysis) is 1. The van der Waals surface area contributed by atoms with Crippen molar-refractivity contribution in [3.63, 3.8) is 0 Å². The largest absolute Gasteiger partial charge is 0.444 e. The average molecular weight is 777 g/mol. The Morgan fingerprint density at radius 2 is 1.53 bits per heavy atom. The zero-order valence-corrected chi connectivity index (χ0v) is 33.6. The molecule has 3 rings (SSSR count). The van der Waals surface area contributed by atoms with Gasteiger partial charge in [-0.15, -0.1) is 0 Å². The number of likely N-dealkylation sites (tertiary alicyclic amines) is 1. The van der Waals surface area contributed by atoms with Gasteiger partial charge in [-0.1, -0.05) is 65.0 Å². The summed E-state index contributed by atoms with van der Waals surface area (Å²) in [6, 6.07) is 3.33. The molecule has 1 heterocycles. The standard InChI is InChI=1S/C39H58F2N6O8/c1-37(2,3)31(45-36(54)55-38(4,5)6)35(53)47-21-23-18-39(7,8)19-24(23)29(47)32(50)43-25(16-17-26(40)41)30(49)33(51)42-20-27(48)44-28(34(52)46(9)10)22-14-12-11-13-15-22/h11-15,23-26,28-29,31H,16-21H2,1-10H3,(H,42,51)(H,43,50)(H,44,48)(H,45,54)/t23-,24-,25?,28-,29-,31+/m0/s1. The van der Waals surface area contributed by atoms with Crippen LogP contribution in [0.2, 0.25) is 0 Å². The van der Waals surface area contributed by atoms with E-state index in [1.165, 1.54) is 23.9 Å². The van der Waals surface area contributed by atoms with Gasteiger partial charge < -0.3 is 35.8 Å². The first-order valence-electron chi connectivity index (χ1n) is 18.6. The molecule has 1 saturated carbocycles. The first-order chi connectivity index (χ1) is 25.3. The highest BCUT2D eigenvalue weighted by Crippen LogP contribution is 2.51. The first-order valence-corrected chi connectivity index (χ1v) is 18.6. The lowest BCUT2D eigenvalue weighted by molar-refractivity contribution is -0.145. The van der Waals surface area contributed by atoms with Crippen molar-refractivity contribution >= 4 is 41.4 Å². The molecule has 0 spiro atoms. The summed E-state index contributed by atoms with van der Waals surface area (Å²) in [5, 5.41) is 9.88. The number of halogens is 2. The smallest absolute Gasteiger partial charge is 0.408 e. The Hall–Kier alpha value is -4.63. The SMILES string of the molecule is CN(C)C(=O)[C@@H](NC(=O)CNC(=O)C(=O)C(CCC(F)F)NC(=O)[C@@H]1[C@H]2CC(C)(C)C[C@H]2CN1C(=O)[C@@H](NC(=O)OC(C)(C)C)C(C)(C)C)c1ccccc1. The molecule has 2 fully saturated rings. The van der Waals surface area contributed by atoms with Crippen LogP contribution in [0.15, 0.2) is 30.3 Å². The van der Waals surface area contributed by atoms with Gasteiger partial charge in [0.25, 0.3) is 5.91 Å². The molecule has 14 nitrogen and oxygen atoms in total. The number of amides is 6. The Morgan fingerprint density at radius 3 is 2.07 bits per heavy atom. The van der Waals surface area contributed by atoms with Gasteiger partial charge in [0.1, 0.15) is 23.7 Å². The minimum atomic E-state index is -2.86. The van der Waals surface area contributed by atoms with Crippen LogP contribution in [-0.2, 0) is 33.5 Å². The molecule has 0 bridgehead atoms. The second kappa shape index (κ2) is 17.9. The lowest BCUT2D eigenvalue weighted by atomic mass is 9.84. The highest BCUT2D eigenvalue weighted by Gasteiger charge is 2.56. The number of carbonyl (C=O) groups is 7. The fraction of sp³-hybridized carbons (Fsp3) is 0.667. The summed E-state index contributed by atoms with van der Waals surface area (Å²) in [7, 11) is 3.02. The van der Waals surface area contributed by atoms with E-state index in [9.17, 15) is 42.3 Å². The number of alkyl halides is 2. The molecule has 6 amide bonds. The van der Waals surface area contributed by atoms with Crippen molar-refractivity contribution in [2.45, 2.75) is 117 Å². The van der Waals surface area contributed by atoms with Gasteiger partial charge >= 0.3 is 6.09 Å². The monoisotopic (exact) mass is 776 g/mol. The highest BCUT2D eigenvalue weighted by atomic mass is 19.3. The summed E-state index contributed by atoms with van der Waals surface area (Å²) in [5.74, 6) is -5.62. The third kappa shape index (κ3) is 12.4. The van der Waals surface area contributed by atoms with E-state index in [-0.39, 0.29) is 23.8 Å². The number of likely N-dealkylation sites (N-methyl/N-ethyl adjacent to an activating group) is 1. The van der Waals surface area contributed by atoms with Crippen LogP contribution in [0.3, 0.4) is 0 Å². The van der Waals surface area contributed by atoms with Crippen molar-refractivity contribution in [1.29, 1.82) is 0 Å². The van der Waals surface area contributed by atoms with Gasteiger partial charge in [0.2, 0.25) is 35.8 Å². The summed E-state index contributed by atoms with van der Waals surface area (Å²) in [4.78, 5) is 96.4. The number of fused-ring (bicyclic) bond motifs is 1. The molecule has 0 radical (unpaired) electrons. The van der Waals surface area contributed by atoms with Crippen LogP contribution in [-0.4, -0.2) is 109 Å². The van der Waals surface area contributed by atoms with E-state index in [1.807, 2.05) is 13.8 Å². The number of ether oxygens (including phenoxy) is 1. The van der Waals surface area contributed by atoms with Gasteiger partial charge in [-0.05, 0) is 68.3 Å². The van der Waals surface area contributed by atoms with Crippen LogP contribution >= 0.6 is 0 Å². The van der Waals surface area contributed by atoms with E-state index in [2.05, 4.69) is 21.3 Å². The lowest BCUT2D eigenvalue weighted by Gasteiger charge is -2.37. The number of hydrogen-bond donors (Lipinski definition) is 4. The molecule has 4 N–H and O–H groups in total. The molecular formula is C39H58F2N6O8. The third-order valence-corrected chi connectivity index (χ3v) is 9.77. The van der Waals surface area contributed by atoms with Crippen molar-refractivity contribution in [2.24, 2.45) is 22.7 Å². The number of ketones is 1. The summed E-state index contributed by atoms with van der Waals surface area (Å²) >= 11 is 0. The van der Waals surface area contributed by atoms with Crippen LogP contribution in [0.4, 0.5) is 13.6 Å². The Bertz CT molecular complexity index is 1590. The molecule has 2 aliphatic rings. The fourth-order valence-electron chi connectivity index (χ4n) is 7.35. The maximum absolute atomic E-state index is 14.3. The van der Waals surface area contributed by atoms with E-state index < -0.39 is 102 Å². The van der Waals surface area contributed by atoms with Gasteiger partial charge in [0.05, 0.1) is 12.6 Å². The molecule has 55 heavy (non-hydrogen) atoms. The molecule has 1 saturated heterocycles.